The summed E-state index contributed by atoms with van der Waals surface area (Å²) in [5, 5.41) is 9.49. The van der Waals surface area contributed by atoms with Crippen LogP contribution in [0.3, 0.4) is 0 Å². The first-order chi connectivity index (χ1) is 9.21. The summed E-state index contributed by atoms with van der Waals surface area (Å²) in [5.74, 6) is -1.13. The van der Waals surface area contributed by atoms with Gasteiger partial charge in [-0.05, 0) is 32.9 Å². The Hall–Kier alpha value is -2.24. The highest BCUT2D eigenvalue weighted by Crippen LogP contribution is 2.22. The first kappa shape index (κ1) is 15.8. The second-order valence-corrected chi connectivity index (χ2v) is 5.08. The second-order valence-electron chi connectivity index (χ2n) is 5.08. The third-order valence-electron chi connectivity index (χ3n) is 2.09. The number of carbonyl (C=O) groups is 2. The normalized spacial score (nSPS) is 10.8. The van der Waals surface area contributed by atoms with E-state index in [2.05, 4.69) is 4.74 Å². The van der Waals surface area contributed by atoms with E-state index in [9.17, 15) is 14.7 Å². The van der Waals surface area contributed by atoms with E-state index >= 15 is 0 Å². The molecule has 6 nitrogen and oxygen atoms in total. The summed E-state index contributed by atoms with van der Waals surface area (Å²) in [5.41, 5.74) is -0.470. The molecule has 0 amide bonds. The van der Waals surface area contributed by atoms with E-state index in [1.807, 2.05) is 0 Å². The number of phenolic OH excluding ortho intramolecular Hbond substituents is 1. The van der Waals surface area contributed by atoms with Crippen molar-refractivity contribution in [1.29, 1.82) is 0 Å². The van der Waals surface area contributed by atoms with Gasteiger partial charge in [-0.2, -0.15) is 0 Å². The second kappa shape index (κ2) is 6.27. The topological polar surface area (TPSA) is 82.1 Å². The number of benzene rings is 1. The van der Waals surface area contributed by atoms with Crippen LogP contribution in [0.25, 0.3) is 0 Å². The highest BCUT2D eigenvalue weighted by atomic mass is 16.6. The highest BCUT2D eigenvalue weighted by molar-refractivity contribution is 5.90. The monoisotopic (exact) mass is 282 g/mol. The smallest absolute Gasteiger partial charge is 0.344 e. The Labute approximate surface area is 117 Å². The lowest BCUT2D eigenvalue weighted by Crippen LogP contribution is -2.27. The summed E-state index contributed by atoms with van der Waals surface area (Å²) < 4.78 is 14.8. The maximum absolute atomic E-state index is 11.5. The molecule has 0 aliphatic rings. The molecule has 0 spiro atoms. The van der Waals surface area contributed by atoms with Crippen LogP contribution in [0.5, 0.6) is 11.5 Å². The van der Waals surface area contributed by atoms with Crippen molar-refractivity contribution in [2.24, 2.45) is 0 Å². The molecule has 20 heavy (non-hydrogen) atoms. The number of esters is 2. The standard InChI is InChI=1S/C14H18O6/c1-14(2,3)20-12(16)8-19-11-6-9(13(17)18-4)5-10(15)7-11/h5-7,15H,8H2,1-4H3. The summed E-state index contributed by atoms with van der Waals surface area (Å²) in [7, 11) is 1.23. The van der Waals surface area contributed by atoms with Crippen molar-refractivity contribution in [1.82, 2.24) is 0 Å². The van der Waals surface area contributed by atoms with E-state index in [1.165, 1.54) is 25.3 Å². The summed E-state index contributed by atoms with van der Waals surface area (Å²) in [6.07, 6.45) is 0. The van der Waals surface area contributed by atoms with E-state index in [0.717, 1.165) is 0 Å². The molecule has 0 unspecified atom stereocenters. The quantitative estimate of drug-likeness (QED) is 0.849. The Morgan fingerprint density at radius 2 is 1.85 bits per heavy atom. The molecule has 0 saturated heterocycles. The van der Waals surface area contributed by atoms with Gasteiger partial charge in [-0.3, -0.25) is 0 Å². The molecule has 0 aromatic heterocycles. The molecular formula is C14H18O6. The molecule has 1 N–H and O–H groups in total. The van der Waals surface area contributed by atoms with Crippen LogP contribution in [-0.2, 0) is 14.3 Å². The van der Waals surface area contributed by atoms with Crippen LogP contribution >= 0.6 is 0 Å². The number of phenols is 1. The molecule has 0 saturated carbocycles. The Balaban J connectivity index is 2.71. The lowest BCUT2D eigenvalue weighted by Gasteiger charge is -2.19. The number of ether oxygens (including phenoxy) is 3. The van der Waals surface area contributed by atoms with Crippen molar-refractivity contribution in [3.8, 4) is 11.5 Å². The molecule has 0 aliphatic carbocycles. The molecule has 0 atom stereocenters. The van der Waals surface area contributed by atoms with E-state index in [-0.39, 0.29) is 23.7 Å². The Kier molecular flexibility index (Phi) is 4.96. The van der Waals surface area contributed by atoms with Crippen molar-refractivity contribution in [3.63, 3.8) is 0 Å². The van der Waals surface area contributed by atoms with Crippen LogP contribution < -0.4 is 4.74 Å². The van der Waals surface area contributed by atoms with Gasteiger partial charge in [-0.1, -0.05) is 0 Å². The van der Waals surface area contributed by atoms with Gasteiger partial charge in [0.05, 0.1) is 12.7 Å². The number of methoxy groups -OCH3 is 1. The van der Waals surface area contributed by atoms with Crippen LogP contribution in [0, 0.1) is 0 Å². The molecule has 0 fully saturated rings. The number of hydrogen-bond acceptors (Lipinski definition) is 6. The zero-order valence-corrected chi connectivity index (χ0v) is 11.9. The molecule has 0 aliphatic heterocycles. The number of aromatic hydroxyl groups is 1. The maximum atomic E-state index is 11.5. The molecule has 6 heteroatoms. The van der Waals surface area contributed by atoms with Gasteiger partial charge >= 0.3 is 11.9 Å². The first-order valence-electron chi connectivity index (χ1n) is 5.98. The summed E-state index contributed by atoms with van der Waals surface area (Å²) in [4.78, 5) is 22.9. The van der Waals surface area contributed by atoms with Crippen molar-refractivity contribution in [2.75, 3.05) is 13.7 Å². The van der Waals surface area contributed by atoms with Gasteiger partial charge < -0.3 is 19.3 Å². The van der Waals surface area contributed by atoms with Crippen LogP contribution in [0.2, 0.25) is 0 Å². The van der Waals surface area contributed by atoms with E-state index in [1.54, 1.807) is 20.8 Å². The summed E-state index contributed by atoms with van der Waals surface area (Å²) in [6.45, 7) is 4.92. The van der Waals surface area contributed by atoms with Gasteiger partial charge in [-0.15, -0.1) is 0 Å². The Bertz CT molecular complexity index is 501. The van der Waals surface area contributed by atoms with Crippen molar-refractivity contribution in [3.05, 3.63) is 23.8 Å². The number of carbonyl (C=O) groups excluding carboxylic acids is 2. The molecule has 0 bridgehead atoms. The Morgan fingerprint density at radius 1 is 1.20 bits per heavy atom. The van der Waals surface area contributed by atoms with Gasteiger partial charge in [0.1, 0.15) is 17.1 Å². The van der Waals surface area contributed by atoms with Crippen LogP contribution in [0.4, 0.5) is 0 Å². The van der Waals surface area contributed by atoms with Gasteiger partial charge in [0.25, 0.3) is 0 Å². The molecule has 1 rings (SSSR count). The summed E-state index contributed by atoms with van der Waals surface area (Å²) in [6, 6.07) is 3.90. The third-order valence-corrected chi connectivity index (χ3v) is 2.09. The minimum atomic E-state index is -0.608. The fraction of sp³-hybridized carbons (Fsp3) is 0.429. The largest absolute Gasteiger partial charge is 0.508 e. The molecule has 0 heterocycles. The third kappa shape index (κ3) is 5.17. The van der Waals surface area contributed by atoms with Gasteiger partial charge in [0.15, 0.2) is 6.61 Å². The molecule has 1 aromatic carbocycles. The molecular weight excluding hydrogens is 264 g/mol. The summed E-state index contributed by atoms with van der Waals surface area (Å²) >= 11 is 0. The average Bonchev–Trinajstić information content (AvgIpc) is 2.32. The zero-order valence-electron chi connectivity index (χ0n) is 11.9. The molecule has 0 radical (unpaired) electrons. The van der Waals surface area contributed by atoms with Crippen LogP contribution in [-0.4, -0.2) is 36.4 Å². The SMILES string of the molecule is COC(=O)c1cc(O)cc(OCC(=O)OC(C)(C)C)c1. The van der Waals surface area contributed by atoms with Crippen molar-refractivity contribution < 1.29 is 28.9 Å². The molecule has 1 aromatic rings. The van der Waals surface area contributed by atoms with Gasteiger partial charge in [0, 0.05) is 6.07 Å². The fourth-order valence-electron chi connectivity index (χ4n) is 1.42. The zero-order chi connectivity index (χ0) is 15.3. The number of hydrogen-bond donors (Lipinski definition) is 1. The van der Waals surface area contributed by atoms with E-state index < -0.39 is 17.5 Å². The predicted molar refractivity (Wildman–Crippen MR) is 70.8 cm³/mol. The van der Waals surface area contributed by atoms with E-state index in [0.29, 0.717) is 0 Å². The van der Waals surface area contributed by atoms with Crippen molar-refractivity contribution in [2.45, 2.75) is 26.4 Å². The van der Waals surface area contributed by atoms with Crippen LogP contribution in [0.15, 0.2) is 18.2 Å². The minimum Gasteiger partial charge on any atom is -0.508 e. The average molecular weight is 282 g/mol. The lowest BCUT2D eigenvalue weighted by atomic mass is 10.2. The predicted octanol–water partition coefficient (Wildman–Crippen LogP) is 1.90. The number of rotatable bonds is 4. The fourth-order valence-corrected chi connectivity index (χ4v) is 1.42. The maximum Gasteiger partial charge on any atom is 0.344 e. The van der Waals surface area contributed by atoms with Gasteiger partial charge in [0.2, 0.25) is 0 Å². The molecule has 110 valence electrons. The Morgan fingerprint density at radius 3 is 2.40 bits per heavy atom. The van der Waals surface area contributed by atoms with Gasteiger partial charge in [-0.25, -0.2) is 9.59 Å². The van der Waals surface area contributed by atoms with Crippen molar-refractivity contribution >= 4 is 11.9 Å². The van der Waals surface area contributed by atoms with E-state index in [4.69, 9.17) is 9.47 Å². The minimum absolute atomic E-state index is 0.131. The first-order valence-corrected chi connectivity index (χ1v) is 5.98. The lowest BCUT2D eigenvalue weighted by molar-refractivity contribution is -0.157. The highest BCUT2D eigenvalue weighted by Gasteiger charge is 2.17. The van der Waals surface area contributed by atoms with Crippen LogP contribution in [0.1, 0.15) is 31.1 Å².